The number of nitrogens with zero attached hydrogens (tertiary/aromatic N) is 3. The number of carbonyl (C=O) groups excluding carboxylic acids is 1. The van der Waals surface area contributed by atoms with E-state index in [-0.39, 0.29) is 5.91 Å². The molecule has 30 heavy (non-hydrogen) atoms. The molecule has 1 aliphatic rings. The van der Waals surface area contributed by atoms with Crippen molar-refractivity contribution in [3.63, 3.8) is 0 Å². The molecule has 0 radical (unpaired) electrons. The predicted octanol–water partition coefficient (Wildman–Crippen LogP) is 4.36. The Morgan fingerprint density at radius 2 is 2.03 bits per heavy atom. The van der Waals surface area contributed by atoms with Crippen molar-refractivity contribution in [1.29, 1.82) is 5.26 Å². The Balaban J connectivity index is 1.60. The SMILES string of the molecule is COc1cc(C#N)ccc1Nc1cc(Nc2cccc3c2N(C(C)=O)CC3)ccn1. The Bertz CT molecular complexity index is 1150. The number of nitriles is 1. The van der Waals surface area contributed by atoms with Gasteiger partial charge in [0.05, 0.1) is 35.8 Å². The second kappa shape index (κ2) is 8.13. The minimum atomic E-state index is 0.0352. The number of carbonyl (C=O) groups is 1. The highest BCUT2D eigenvalue weighted by Gasteiger charge is 2.25. The van der Waals surface area contributed by atoms with Crippen LogP contribution in [0.4, 0.5) is 28.6 Å². The van der Waals surface area contributed by atoms with Gasteiger partial charge in [0.15, 0.2) is 0 Å². The Hall–Kier alpha value is -4.05. The summed E-state index contributed by atoms with van der Waals surface area (Å²) in [5, 5.41) is 15.7. The van der Waals surface area contributed by atoms with Crippen LogP contribution in [-0.2, 0) is 11.2 Å². The van der Waals surface area contributed by atoms with Crippen molar-refractivity contribution >= 4 is 34.5 Å². The maximum atomic E-state index is 12.0. The third kappa shape index (κ3) is 3.76. The minimum Gasteiger partial charge on any atom is -0.495 e. The zero-order valence-corrected chi connectivity index (χ0v) is 16.8. The normalized spacial score (nSPS) is 12.1. The molecule has 1 aromatic heterocycles. The number of fused-ring (bicyclic) bond motifs is 1. The highest BCUT2D eigenvalue weighted by Crippen LogP contribution is 2.37. The van der Waals surface area contributed by atoms with Gasteiger partial charge in [-0.1, -0.05) is 12.1 Å². The average Bonchev–Trinajstić information content (AvgIpc) is 3.20. The average molecular weight is 399 g/mol. The summed E-state index contributed by atoms with van der Waals surface area (Å²) in [4.78, 5) is 18.2. The number of nitrogens with one attached hydrogen (secondary N) is 2. The van der Waals surface area contributed by atoms with Gasteiger partial charge in [-0.15, -0.1) is 0 Å². The van der Waals surface area contributed by atoms with Crippen LogP contribution in [0.2, 0.25) is 0 Å². The van der Waals surface area contributed by atoms with Gasteiger partial charge < -0.3 is 20.3 Å². The van der Waals surface area contributed by atoms with Crippen LogP contribution < -0.4 is 20.3 Å². The van der Waals surface area contributed by atoms with Gasteiger partial charge in [0.25, 0.3) is 0 Å². The van der Waals surface area contributed by atoms with Crippen molar-refractivity contribution in [3.05, 3.63) is 65.9 Å². The summed E-state index contributed by atoms with van der Waals surface area (Å²) in [7, 11) is 1.56. The zero-order valence-electron chi connectivity index (χ0n) is 16.8. The molecule has 2 aromatic carbocycles. The molecule has 0 atom stereocenters. The first-order valence-corrected chi connectivity index (χ1v) is 9.57. The minimum absolute atomic E-state index is 0.0352. The molecule has 150 valence electrons. The van der Waals surface area contributed by atoms with Gasteiger partial charge in [0, 0.05) is 37.5 Å². The number of rotatable bonds is 5. The Labute approximate surface area is 174 Å². The van der Waals surface area contributed by atoms with Crippen molar-refractivity contribution in [2.24, 2.45) is 0 Å². The number of aromatic nitrogens is 1. The Morgan fingerprint density at radius 1 is 1.17 bits per heavy atom. The molecule has 4 rings (SSSR count). The first-order chi connectivity index (χ1) is 14.6. The van der Waals surface area contributed by atoms with Crippen molar-refractivity contribution in [2.75, 3.05) is 29.2 Å². The number of ether oxygens (including phenoxy) is 1. The standard InChI is InChI=1S/C23H21N5O2/c1-15(29)28-11-9-17-4-3-5-20(23(17)28)26-18-8-10-25-22(13-18)27-19-7-6-16(14-24)12-21(19)30-2/h3-8,10,12-13H,9,11H2,1-2H3,(H2,25,26,27). The summed E-state index contributed by atoms with van der Waals surface area (Å²) in [6.07, 6.45) is 2.55. The van der Waals surface area contributed by atoms with Crippen molar-refractivity contribution in [2.45, 2.75) is 13.3 Å². The van der Waals surface area contributed by atoms with Gasteiger partial charge >= 0.3 is 0 Å². The highest BCUT2D eigenvalue weighted by atomic mass is 16.5. The van der Waals surface area contributed by atoms with Crippen LogP contribution in [0, 0.1) is 11.3 Å². The third-order valence-corrected chi connectivity index (χ3v) is 5.01. The number of anilines is 5. The van der Waals surface area contributed by atoms with E-state index < -0.39 is 0 Å². The van der Waals surface area contributed by atoms with E-state index in [1.165, 1.54) is 0 Å². The predicted molar refractivity (Wildman–Crippen MR) is 117 cm³/mol. The molecule has 0 aliphatic carbocycles. The number of hydrogen-bond acceptors (Lipinski definition) is 6. The van der Waals surface area contributed by atoms with E-state index in [2.05, 4.69) is 27.8 Å². The molecule has 7 nitrogen and oxygen atoms in total. The maximum absolute atomic E-state index is 12.0. The van der Waals surface area contributed by atoms with Crippen molar-refractivity contribution in [3.8, 4) is 11.8 Å². The lowest BCUT2D eigenvalue weighted by Gasteiger charge is -2.20. The van der Waals surface area contributed by atoms with Crippen LogP contribution in [0.5, 0.6) is 5.75 Å². The molecule has 1 aliphatic heterocycles. The second-order valence-electron chi connectivity index (χ2n) is 6.94. The Kier molecular flexibility index (Phi) is 5.22. The third-order valence-electron chi connectivity index (χ3n) is 5.01. The first kappa shape index (κ1) is 19.3. The molecule has 0 bridgehead atoms. The van der Waals surface area contributed by atoms with Crippen LogP contribution in [0.1, 0.15) is 18.1 Å². The molecule has 2 heterocycles. The van der Waals surface area contributed by atoms with Gasteiger partial charge in [-0.05, 0) is 36.2 Å². The van der Waals surface area contributed by atoms with Crippen LogP contribution in [0.15, 0.2) is 54.7 Å². The summed E-state index contributed by atoms with van der Waals surface area (Å²) < 4.78 is 5.38. The summed E-state index contributed by atoms with van der Waals surface area (Å²) in [5.41, 5.74) is 5.05. The van der Waals surface area contributed by atoms with E-state index in [0.717, 1.165) is 29.0 Å². The van der Waals surface area contributed by atoms with E-state index in [1.807, 2.05) is 24.3 Å². The van der Waals surface area contributed by atoms with E-state index in [4.69, 9.17) is 10.00 Å². The summed E-state index contributed by atoms with van der Waals surface area (Å²) in [5.74, 6) is 1.22. The molecule has 0 unspecified atom stereocenters. The fourth-order valence-electron chi connectivity index (χ4n) is 3.61. The maximum Gasteiger partial charge on any atom is 0.223 e. The van der Waals surface area contributed by atoms with Crippen LogP contribution >= 0.6 is 0 Å². The lowest BCUT2D eigenvalue weighted by atomic mass is 10.1. The lowest BCUT2D eigenvalue weighted by molar-refractivity contribution is -0.116. The van der Waals surface area contributed by atoms with Gasteiger partial charge in [-0.25, -0.2) is 4.98 Å². The van der Waals surface area contributed by atoms with E-state index in [9.17, 15) is 4.79 Å². The van der Waals surface area contributed by atoms with Crippen LogP contribution in [0.25, 0.3) is 0 Å². The molecule has 0 spiro atoms. The second-order valence-corrected chi connectivity index (χ2v) is 6.94. The lowest BCUT2D eigenvalue weighted by Crippen LogP contribution is -2.26. The van der Waals surface area contributed by atoms with Gasteiger partial charge in [-0.2, -0.15) is 5.26 Å². The molecule has 0 saturated heterocycles. The number of pyridine rings is 1. The number of hydrogen-bond donors (Lipinski definition) is 2. The zero-order chi connectivity index (χ0) is 21.1. The summed E-state index contributed by atoms with van der Waals surface area (Å²) in [6.45, 7) is 2.29. The largest absolute Gasteiger partial charge is 0.495 e. The smallest absolute Gasteiger partial charge is 0.223 e. The first-order valence-electron chi connectivity index (χ1n) is 9.57. The van der Waals surface area contributed by atoms with Gasteiger partial charge in [0.1, 0.15) is 11.6 Å². The molecule has 0 fully saturated rings. The van der Waals surface area contributed by atoms with Gasteiger partial charge in [0.2, 0.25) is 5.91 Å². The molecule has 7 heteroatoms. The highest BCUT2D eigenvalue weighted by molar-refractivity contribution is 5.98. The van der Waals surface area contributed by atoms with Gasteiger partial charge in [-0.3, -0.25) is 4.79 Å². The monoisotopic (exact) mass is 399 g/mol. The van der Waals surface area contributed by atoms with Crippen LogP contribution in [-0.4, -0.2) is 24.5 Å². The van der Waals surface area contributed by atoms with Crippen molar-refractivity contribution < 1.29 is 9.53 Å². The number of para-hydroxylation sites is 1. The molecule has 3 aromatic rings. The fraction of sp³-hybridized carbons (Fsp3) is 0.174. The fourth-order valence-corrected chi connectivity index (χ4v) is 3.61. The molecule has 1 amide bonds. The van der Waals surface area contributed by atoms with E-state index in [0.29, 0.717) is 29.4 Å². The van der Waals surface area contributed by atoms with Crippen LogP contribution in [0.3, 0.4) is 0 Å². The van der Waals surface area contributed by atoms with E-state index in [1.54, 1.807) is 43.3 Å². The summed E-state index contributed by atoms with van der Waals surface area (Å²) in [6, 6.07) is 17.0. The molecular weight excluding hydrogens is 378 g/mol. The molecule has 2 N–H and O–H groups in total. The summed E-state index contributed by atoms with van der Waals surface area (Å²) >= 11 is 0. The quantitative estimate of drug-likeness (QED) is 0.663. The van der Waals surface area contributed by atoms with Crippen molar-refractivity contribution in [1.82, 2.24) is 4.98 Å². The number of benzene rings is 2. The Morgan fingerprint density at radius 3 is 2.80 bits per heavy atom. The topological polar surface area (TPSA) is 90.3 Å². The number of amides is 1. The number of methoxy groups -OCH3 is 1. The van der Waals surface area contributed by atoms with E-state index >= 15 is 0 Å². The molecular formula is C23H21N5O2. The molecule has 0 saturated carbocycles.